The largest absolute Gasteiger partial charge is 0.385 e. The van der Waals surface area contributed by atoms with Crippen molar-refractivity contribution in [2.24, 2.45) is 0 Å². The smallest absolute Gasteiger partial charge is 0.272 e. The first-order valence-corrected chi connectivity index (χ1v) is 10.3. The summed E-state index contributed by atoms with van der Waals surface area (Å²) in [6.07, 6.45) is 6.54. The lowest BCUT2D eigenvalue weighted by Gasteiger charge is -2.36. The van der Waals surface area contributed by atoms with Crippen LogP contribution in [0.15, 0.2) is 42.9 Å². The molecule has 148 valence electrons. The van der Waals surface area contributed by atoms with Crippen LogP contribution in [0.1, 0.15) is 49.2 Å². The molecule has 4 rings (SSSR count). The van der Waals surface area contributed by atoms with Gasteiger partial charge in [0.15, 0.2) is 0 Å². The Bertz CT molecular complexity index is 810. The lowest BCUT2D eigenvalue weighted by molar-refractivity contribution is 0.0628. The molecule has 0 saturated carbocycles. The van der Waals surface area contributed by atoms with Crippen molar-refractivity contribution >= 4 is 11.6 Å². The van der Waals surface area contributed by atoms with Crippen molar-refractivity contribution in [2.75, 3.05) is 18.4 Å². The summed E-state index contributed by atoms with van der Waals surface area (Å²) in [5.74, 6) is -0.0244. The Morgan fingerprint density at radius 2 is 1.96 bits per heavy atom. The first-order chi connectivity index (χ1) is 13.6. The SMILES string of the molecule is CC(C)N1[C@H]2CCNc3ccccc3CN(C(=O)c3ccncn3)C[C@@H]1CC2. The third kappa shape index (κ3) is 3.87. The number of para-hydroxylation sites is 1. The standard InChI is InChI=1S/C22H29N5O/c1-16(2)27-18-7-8-19(27)14-26(22(28)21-10-11-23-15-25-21)13-17-5-3-4-6-20(17)24-12-9-18/h3-6,10-11,15-16,18-19,24H,7-9,12-14H2,1-2H3/t18-,19+/m1/s1. The molecule has 6 nitrogen and oxygen atoms in total. The number of carbonyl (C=O) groups is 1. The molecular formula is C22H29N5O. The van der Waals surface area contributed by atoms with Gasteiger partial charge in [0.1, 0.15) is 12.0 Å². The van der Waals surface area contributed by atoms with Gasteiger partial charge in [-0.2, -0.15) is 0 Å². The first kappa shape index (κ1) is 18.9. The second kappa shape index (κ2) is 8.27. The number of amides is 1. The highest BCUT2D eigenvalue weighted by Crippen LogP contribution is 2.31. The van der Waals surface area contributed by atoms with E-state index in [9.17, 15) is 4.79 Å². The van der Waals surface area contributed by atoms with E-state index in [0.717, 1.165) is 37.2 Å². The molecule has 6 heteroatoms. The molecule has 1 fully saturated rings. The summed E-state index contributed by atoms with van der Waals surface area (Å²) in [4.78, 5) is 26.1. The summed E-state index contributed by atoms with van der Waals surface area (Å²) in [5.41, 5.74) is 2.73. The Labute approximate surface area is 167 Å². The molecule has 0 radical (unpaired) electrons. The van der Waals surface area contributed by atoms with Gasteiger partial charge in [-0.05, 0) is 50.8 Å². The number of anilines is 1. The van der Waals surface area contributed by atoms with Gasteiger partial charge in [0.2, 0.25) is 0 Å². The van der Waals surface area contributed by atoms with E-state index in [-0.39, 0.29) is 5.91 Å². The maximum Gasteiger partial charge on any atom is 0.272 e. The zero-order valence-corrected chi connectivity index (χ0v) is 16.7. The van der Waals surface area contributed by atoms with Gasteiger partial charge in [0.05, 0.1) is 0 Å². The molecule has 0 spiro atoms. The Balaban J connectivity index is 1.69. The Hall–Kier alpha value is -2.47. The molecule has 0 aliphatic carbocycles. The topological polar surface area (TPSA) is 61.4 Å². The normalized spacial score (nSPS) is 23.0. The van der Waals surface area contributed by atoms with Crippen molar-refractivity contribution in [3.8, 4) is 0 Å². The van der Waals surface area contributed by atoms with Gasteiger partial charge in [-0.25, -0.2) is 9.97 Å². The van der Waals surface area contributed by atoms with E-state index in [1.165, 1.54) is 12.7 Å². The number of hydrogen-bond donors (Lipinski definition) is 1. The van der Waals surface area contributed by atoms with Gasteiger partial charge in [-0.1, -0.05) is 18.2 Å². The predicted octanol–water partition coefficient (Wildman–Crippen LogP) is 3.18. The minimum Gasteiger partial charge on any atom is -0.385 e. The average molecular weight is 380 g/mol. The zero-order chi connectivity index (χ0) is 19.5. The highest BCUT2D eigenvalue weighted by Gasteiger charge is 2.37. The number of nitrogens with one attached hydrogen (secondary N) is 1. The molecule has 2 aliphatic rings. The van der Waals surface area contributed by atoms with E-state index < -0.39 is 0 Å². The Morgan fingerprint density at radius 3 is 2.75 bits per heavy atom. The average Bonchev–Trinajstić information content (AvgIpc) is 3.09. The predicted molar refractivity (Wildman–Crippen MR) is 110 cm³/mol. The molecule has 1 N–H and O–H groups in total. The van der Waals surface area contributed by atoms with E-state index in [1.807, 2.05) is 11.0 Å². The molecule has 1 amide bonds. The van der Waals surface area contributed by atoms with Crippen molar-refractivity contribution in [3.63, 3.8) is 0 Å². The summed E-state index contributed by atoms with van der Waals surface area (Å²) in [6, 6.07) is 11.4. The van der Waals surface area contributed by atoms with E-state index in [2.05, 4.69) is 52.2 Å². The van der Waals surface area contributed by atoms with Crippen molar-refractivity contribution in [2.45, 2.75) is 57.8 Å². The lowest BCUT2D eigenvalue weighted by Crippen LogP contribution is -2.48. The minimum absolute atomic E-state index is 0.0244. The Morgan fingerprint density at radius 1 is 1.14 bits per heavy atom. The number of aromatic nitrogens is 2. The van der Waals surface area contributed by atoms with Crippen molar-refractivity contribution in [1.29, 1.82) is 0 Å². The summed E-state index contributed by atoms with van der Waals surface area (Å²) >= 11 is 0. The molecule has 3 heterocycles. The zero-order valence-electron chi connectivity index (χ0n) is 16.7. The first-order valence-electron chi connectivity index (χ1n) is 10.3. The fraction of sp³-hybridized carbons (Fsp3) is 0.500. The monoisotopic (exact) mass is 379 g/mol. The summed E-state index contributed by atoms with van der Waals surface area (Å²) < 4.78 is 0. The van der Waals surface area contributed by atoms with Crippen LogP contribution in [0.2, 0.25) is 0 Å². The maximum atomic E-state index is 13.3. The molecule has 2 aromatic rings. The molecule has 28 heavy (non-hydrogen) atoms. The van der Waals surface area contributed by atoms with Crippen LogP contribution in [-0.2, 0) is 6.54 Å². The van der Waals surface area contributed by atoms with Crippen LogP contribution in [0.4, 0.5) is 5.69 Å². The minimum atomic E-state index is -0.0244. The molecule has 2 aliphatic heterocycles. The molecule has 1 aromatic carbocycles. The van der Waals surface area contributed by atoms with Crippen molar-refractivity contribution < 1.29 is 4.79 Å². The van der Waals surface area contributed by atoms with Gasteiger partial charge in [0, 0.05) is 49.6 Å². The molecular weight excluding hydrogens is 350 g/mol. The van der Waals surface area contributed by atoms with Crippen LogP contribution in [0.5, 0.6) is 0 Å². The van der Waals surface area contributed by atoms with Gasteiger partial charge >= 0.3 is 0 Å². The number of hydrogen-bond acceptors (Lipinski definition) is 5. The third-order valence-electron chi connectivity index (χ3n) is 5.96. The molecule has 1 saturated heterocycles. The molecule has 2 bridgehead atoms. The van der Waals surface area contributed by atoms with Crippen LogP contribution in [0.25, 0.3) is 0 Å². The number of rotatable bonds is 2. The highest BCUT2D eigenvalue weighted by atomic mass is 16.2. The van der Waals surface area contributed by atoms with Crippen molar-refractivity contribution in [1.82, 2.24) is 19.8 Å². The number of nitrogens with zero attached hydrogens (tertiary/aromatic N) is 4. The summed E-state index contributed by atoms with van der Waals surface area (Å²) in [7, 11) is 0. The number of benzene rings is 1. The fourth-order valence-electron chi connectivity index (χ4n) is 4.77. The van der Waals surface area contributed by atoms with Crippen LogP contribution in [-0.4, -0.2) is 56.9 Å². The third-order valence-corrected chi connectivity index (χ3v) is 5.96. The highest BCUT2D eigenvalue weighted by molar-refractivity contribution is 5.92. The van der Waals surface area contributed by atoms with E-state index in [1.54, 1.807) is 12.3 Å². The number of fused-ring (bicyclic) bond motifs is 3. The molecule has 2 atom stereocenters. The van der Waals surface area contributed by atoms with E-state index in [4.69, 9.17) is 0 Å². The van der Waals surface area contributed by atoms with Crippen LogP contribution < -0.4 is 5.32 Å². The van der Waals surface area contributed by atoms with E-state index >= 15 is 0 Å². The molecule has 0 unspecified atom stereocenters. The van der Waals surface area contributed by atoms with Crippen LogP contribution >= 0.6 is 0 Å². The van der Waals surface area contributed by atoms with Crippen molar-refractivity contribution in [3.05, 3.63) is 54.1 Å². The maximum absolute atomic E-state index is 13.3. The number of carbonyl (C=O) groups excluding carboxylic acids is 1. The van der Waals surface area contributed by atoms with Gasteiger partial charge < -0.3 is 10.2 Å². The van der Waals surface area contributed by atoms with Gasteiger partial charge in [-0.15, -0.1) is 0 Å². The summed E-state index contributed by atoms with van der Waals surface area (Å²) in [6.45, 7) is 6.80. The van der Waals surface area contributed by atoms with E-state index in [0.29, 0.717) is 30.4 Å². The second-order valence-corrected chi connectivity index (χ2v) is 8.08. The van der Waals surface area contributed by atoms with Gasteiger partial charge in [0.25, 0.3) is 5.91 Å². The lowest BCUT2D eigenvalue weighted by atomic mass is 10.1. The quantitative estimate of drug-likeness (QED) is 0.868. The fourth-order valence-corrected chi connectivity index (χ4v) is 4.77. The second-order valence-electron chi connectivity index (χ2n) is 8.08. The molecule has 1 aromatic heterocycles. The Kier molecular flexibility index (Phi) is 5.57. The summed E-state index contributed by atoms with van der Waals surface area (Å²) in [5, 5.41) is 3.61. The van der Waals surface area contributed by atoms with Crippen LogP contribution in [0, 0.1) is 0 Å². The van der Waals surface area contributed by atoms with Crippen LogP contribution in [0.3, 0.4) is 0 Å². The van der Waals surface area contributed by atoms with Gasteiger partial charge in [-0.3, -0.25) is 9.69 Å².